The molecule has 22 heavy (non-hydrogen) atoms. The van der Waals surface area contributed by atoms with Gasteiger partial charge in [0.2, 0.25) is 5.91 Å². The van der Waals surface area contributed by atoms with Crippen LogP contribution in [-0.2, 0) is 17.8 Å². The fraction of sp³-hybridized carbons (Fsp3) is 0.250. The Morgan fingerprint density at radius 3 is 2.82 bits per heavy atom. The summed E-state index contributed by atoms with van der Waals surface area (Å²) in [6.45, 7) is 2.78. The molecule has 0 spiro atoms. The van der Waals surface area contributed by atoms with Crippen LogP contribution in [-0.4, -0.2) is 18.4 Å². The number of rotatable bonds is 3. The summed E-state index contributed by atoms with van der Waals surface area (Å²) in [5.74, 6) is -0.0483. The van der Waals surface area contributed by atoms with Gasteiger partial charge < -0.3 is 10.2 Å². The van der Waals surface area contributed by atoms with Crippen LogP contribution >= 0.6 is 27.3 Å². The summed E-state index contributed by atoms with van der Waals surface area (Å²) in [6.07, 6.45) is 0.800. The highest BCUT2D eigenvalue weighted by molar-refractivity contribution is 9.11. The molecule has 114 valence electrons. The minimum Gasteiger partial charge on any atom is -0.347 e. The van der Waals surface area contributed by atoms with Gasteiger partial charge >= 0.3 is 0 Å². The van der Waals surface area contributed by atoms with Crippen LogP contribution in [0.15, 0.2) is 34.1 Å². The number of carbonyl (C=O) groups excluding carboxylic acids is 2. The molecular weight excluding hydrogens is 364 g/mol. The second kappa shape index (κ2) is 6.22. The zero-order chi connectivity index (χ0) is 15.7. The number of hydrogen-bond donors (Lipinski definition) is 1. The van der Waals surface area contributed by atoms with Crippen molar-refractivity contribution in [2.24, 2.45) is 0 Å². The molecular formula is C16H15BrN2O2S. The van der Waals surface area contributed by atoms with Crippen LogP contribution in [0, 0.1) is 0 Å². The first-order chi connectivity index (χ1) is 10.5. The van der Waals surface area contributed by atoms with Gasteiger partial charge in [0, 0.05) is 29.6 Å². The maximum Gasteiger partial charge on any atom is 0.251 e. The molecule has 0 aliphatic carbocycles. The quantitative estimate of drug-likeness (QED) is 0.889. The van der Waals surface area contributed by atoms with Crippen LogP contribution in [0.5, 0.6) is 0 Å². The van der Waals surface area contributed by atoms with E-state index >= 15 is 0 Å². The summed E-state index contributed by atoms with van der Waals surface area (Å²) in [6, 6.07) is 9.48. The predicted molar refractivity (Wildman–Crippen MR) is 91.4 cm³/mol. The summed E-state index contributed by atoms with van der Waals surface area (Å²) in [5, 5.41) is 2.92. The van der Waals surface area contributed by atoms with E-state index in [1.807, 2.05) is 24.3 Å². The average Bonchev–Trinajstić information content (AvgIpc) is 3.09. The topological polar surface area (TPSA) is 49.4 Å². The van der Waals surface area contributed by atoms with E-state index in [1.165, 1.54) is 0 Å². The van der Waals surface area contributed by atoms with Crippen molar-refractivity contribution in [3.8, 4) is 0 Å². The lowest BCUT2D eigenvalue weighted by Gasteiger charge is -2.14. The van der Waals surface area contributed by atoms with Gasteiger partial charge in [-0.2, -0.15) is 0 Å². The van der Waals surface area contributed by atoms with E-state index in [1.54, 1.807) is 29.2 Å². The van der Waals surface area contributed by atoms with Crippen molar-refractivity contribution in [2.75, 3.05) is 11.4 Å². The normalized spacial score (nSPS) is 13.1. The first kappa shape index (κ1) is 15.2. The number of nitrogens with zero attached hydrogens (tertiary/aromatic N) is 1. The van der Waals surface area contributed by atoms with Crippen LogP contribution < -0.4 is 10.2 Å². The van der Waals surface area contributed by atoms with Crippen molar-refractivity contribution in [2.45, 2.75) is 19.9 Å². The summed E-state index contributed by atoms with van der Waals surface area (Å²) in [7, 11) is 0. The number of anilines is 1. The smallest absolute Gasteiger partial charge is 0.251 e. The lowest BCUT2D eigenvalue weighted by Crippen LogP contribution is -2.25. The molecule has 0 radical (unpaired) electrons. The Morgan fingerprint density at radius 1 is 1.32 bits per heavy atom. The largest absolute Gasteiger partial charge is 0.347 e. The zero-order valence-corrected chi connectivity index (χ0v) is 14.5. The molecule has 0 unspecified atom stereocenters. The third-order valence-corrected chi connectivity index (χ3v) is 5.29. The van der Waals surface area contributed by atoms with Crippen molar-refractivity contribution >= 4 is 44.8 Å². The molecule has 0 atom stereocenters. The number of amides is 2. The second-order valence-electron chi connectivity index (χ2n) is 5.15. The first-order valence-electron chi connectivity index (χ1n) is 6.98. The number of nitrogens with one attached hydrogen (secondary N) is 1. The van der Waals surface area contributed by atoms with E-state index in [9.17, 15) is 9.59 Å². The Balaban J connectivity index is 1.70. The Kier molecular flexibility index (Phi) is 4.31. The number of thiophene rings is 1. The maximum absolute atomic E-state index is 12.2. The molecule has 0 saturated carbocycles. The number of halogens is 1. The van der Waals surface area contributed by atoms with Crippen molar-refractivity contribution in [3.05, 3.63) is 50.1 Å². The van der Waals surface area contributed by atoms with Gasteiger partial charge in [0.15, 0.2) is 0 Å². The van der Waals surface area contributed by atoms with Crippen LogP contribution in [0.1, 0.15) is 27.7 Å². The number of fused-ring (bicyclic) bond motifs is 1. The monoisotopic (exact) mass is 378 g/mol. The second-order valence-corrected chi connectivity index (χ2v) is 7.70. The van der Waals surface area contributed by atoms with Crippen molar-refractivity contribution in [1.82, 2.24) is 5.32 Å². The van der Waals surface area contributed by atoms with Gasteiger partial charge in [-0.15, -0.1) is 11.3 Å². The Labute approximate surface area is 141 Å². The standard InChI is InChI=1S/C16H15BrN2O2S/c1-10(20)19-7-6-11-8-12(2-4-14(11)19)16(21)18-9-13-3-5-15(17)22-13/h2-5,8H,6-7,9H2,1H3,(H,18,21). The van der Waals surface area contributed by atoms with Crippen LogP contribution in [0.2, 0.25) is 0 Å². The first-order valence-corrected chi connectivity index (χ1v) is 8.59. The Bertz CT molecular complexity index is 741. The number of benzene rings is 1. The maximum atomic E-state index is 12.2. The molecule has 3 rings (SSSR count). The summed E-state index contributed by atoms with van der Waals surface area (Å²) in [5.41, 5.74) is 2.62. The van der Waals surface area contributed by atoms with Gasteiger partial charge in [-0.1, -0.05) is 0 Å². The molecule has 2 heterocycles. The Hall–Kier alpha value is -1.66. The molecule has 1 N–H and O–H groups in total. The molecule has 0 saturated heterocycles. The molecule has 2 amide bonds. The van der Waals surface area contributed by atoms with Crippen LogP contribution in [0.25, 0.3) is 0 Å². The Morgan fingerprint density at radius 2 is 2.14 bits per heavy atom. The van der Waals surface area contributed by atoms with Gasteiger partial charge in [0.25, 0.3) is 5.91 Å². The molecule has 1 aromatic carbocycles. The minimum absolute atomic E-state index is 0.0409. The van der Waals surface area contributed by atoms with E-state index < -0.39 is 0 Å². The number of carbonyl (C=O) groups is 2. The molecule has 0 bridgehead atoms. The summed E-state index contributed by atoms with van der Waals surface area (Å²) >= 11 is 5.02. The lowest BCUT2D eigenvalue weighted by atomic mass is 10.1. The third kappa shape index (κ3) is 3.08. The highest BCUT2D eigenvalue weighted by Crippen LogP contribution is 2.29. The highest BCUT2D eigenvalue weighted by Gasteiger charge is 2.23. The highest BCUT2D eigenvalue weighted by atomic mass is 79.9. The van der Waals surface area contributed by atoms with Crippen LogP contribution in [0.4, 0.5) is 5.69 Å². The van der Waals surface area contributed by atoms with E-state index in [0.717, 1.165) is 26.3 Å². The lowest BCUT2D eigenvalue weighted by molar-refractivity contribution is -0.116. The summed E-state index contributed by atoms with van der Waals surface area (Å²) < 4.78 is 1.05. The van der Waals surface area contributed by atoms with E-state index in [-0.39, 0.29) is 11.8 Å². The zero-order valence-electron chi connectivity index (χ0n) is 12.1. The molecule has 4 nitrogen and oxygen atoms in total. The minimum atomic E-state index is -0.0893. The average molecular weight is 379 g/mol. The summed E-state index contributed by atoms with van der Waals surface area (Å²) in [4.78, 5) is 26.6. The molecule has 6 heteroatoms. The molecule has 0 fully saturated rings. The van der Waals surface area contributed by atoms with E-state index in [0.29, 0.717) is 18.7 Å². The van der Waals surface area contributed by atoms with Crippen molar-refractivity contribution in [3.63, 3.8) is 0 Å². The number of hydrogen-bond acceptors (Lipinski definition) is 3. The van der Waals surface area contributed by atoms with Gasteiger partial charge in [0.05, 0.1) is 10.3 Å². The van der Waals surface area contributed by atoms with Gasteiger partial charge in [0.1, 0.15) is 0 Å². The van der Waals surface area contributed by atoms with Crippen molar-refractivity contribution < 1.29 is 9.59 Å². The van der Waals surface area contributed by atoms with E-state index in [4.69, 9.17) is 0 Å². The fourth-order valence-electron chi connectivity index (χ4n) is 2.59. The molecule has 1 aliphatic heterocycles. The predicted octanol–water partition coefficient (Wildman–Crippen LogP) is 3.35. The van der Waals surface area contributed by atoms with Crippen LogP contribution in [0.3, 0.4) is 0 Å². The van der Waals surface area contributed by atoms with Crippen molar-refractivity contribution in [1.29, 1.82) is 0 Å². The van der Waals surface area contributed by atoms with Gasteiger partial charge in [-0.05, 0) is 58.2 Å². The fourth-order valence-corrected chi connectivity index (χ4v) is 4.01. The van der Waals surface area contributed by atoms with E-state index in [2.05, 4.69) is 21.2 Å². The SMILES string of the molecule is CC(=O)N1CCc2cc(C(=O)NCc3ccc(Br)s3)ccc21. The third-order valence-electron chi connectivity index (χ3n) is 3.67. The molecule has 1 aliphatic rings. The molecule has 1 aromatic heterocycles. The van der Waals surface area contributed by atoms with Gasteiger partial charge in [-0.3, -0.25) is 9.59 Å². The molecule has 2 aromatic rings. The van der Waals surface area contributed by atoms with Gasteiger partial charge in [-0.25, -0.2) is 0 Å².